The molecule has 2 aromatic rings. The Labute approximate surface area is 232 Å². The van der Waals surface area contributed by atoms with Gasteiger partial charge in [-0.15, -0.1) is 0 Å². The Bertz CT molecular complexity index is 1260. The molecule has 1 saturated heterocycles. The predicted octanol–water partition coefficient (Wildman–Crippen LogP) is 5.88. The van der Waals surface area contributed by atoms with Crippen LogP contribution in [0.1, 0.15) is 64.1 Å². The van der Waals surface area contributed by atoms with Crippen molar-refractivity contribution < 1.29 is 18.8 Å². The molecule has 39 heavy (non-hydrogen) atoms. The minimum Gasteiger partial charge on any atom is -0.378 e. The topological polar surface area (TPSA) is 96.7 Å². The number of nitrogens with zero attached hydrogens (tertiary/aromatic N) is 2. The van der Waals surface area contributed by atoms with E-state index in [9.17, 15) is 9.59 Å². The molecule has 3 rings (SSSR count). The number of aryl methyl sites for hydroxylation is 1. The fourth-order valence-corrected chi connectivity index (χ4v) is 3.89. The molecule has 1 aliphatic heterocycles. The Balaban J connectivity index is 1.82. The highest BCUT2D eigenvalue weighted by molar-refractivity contribution is 6.06. The Kier molecular flexibility index (Phi) is 10.3. The molecule has 1 aromatic carbocycles. The van der Waals surface area contributed by atoms with E-state index in [4.69, 9.17) is 9.26 Å². The first-order chi connectivity index (χ1) is 18.5. The second-order valence-electron chi connectivity index (χ2n) is 11.2. The normalized spacial score (nSPS) is 15.4. The smallest absolute Gasteiger partial charge is 0.289 e. The van der Waals surface area contributed by atoms with Crippen molar-refractivity contribution in [2.75, 3.05) is 38.2 Å². The van der Waals surface area contributed by atoms with Crippen LogP contribution in [-0.2, 0) is 9.53 Å². The van der Waals surface area contributed by atoms with Crippen LogP contribution in [0, 0.1) is 12.3 Å². The summed E-state index contributed by atoms with van der Waals surface area (Å²) >= 11 is 0. The van der Waals surface area contributed by atoms with Crippen molar-refractivity contribution in [1.82, 2.24) is 15.4 Å². The number of ether oxygens (including phenoxy) is 1. The number of benzene rings is 1. The van der Waals surface area contributed by atoms with Gasteiger partial charge in [0.2, 0.25) is 5.76 Å². The van der Waals surface area contributed by atoms with Gasteiger partial charge in [0.25, 0.3) is 11.8 Å². The summed E-state index contributed by atoms with van der Waals surface area (Å²) in [4.78, 5) is 28.2. The van der Waals surface area contributed by atoms with E-state index in [0.717, 1.165) is 36.3 Å². The summed E-state index contributed by atoms with van der Waals surface area (Å²) in [5, 5.41) is 10.0. The second-order valence-corrected chi connectivity index (χ2v) is 11.2. The fourth-order valence-electron chi connectivity index (χ4n) is 3.89. The Hall–Kier alpha value is -3.65. The lowest BCUT2D eigenvalue weighted by atomic mass is 9.97. The van der Waals surface area contributed by atoms with Gasteiger partial charge in [0.05, 0.1) is 13.2 Å². The minimum atomic E-state index is -0.307. The maximum Gasteiger partial charge on any atom is 0.289 e. The highest BCUT2D eigenvalue weighted by Crippen LogP contribution is 2.27. The molecule has 1 aliphatic rings. The van der Waals surface area contributed by atoms with Crippen LogP contribution in [0.15, 0.2) is 63.9 Å². The van der Waals surface area contributed by atoms with Gasteiger partial charge in [-0.25, -0.2) is 0 Å². The minimum absolute atomic E-state index is 0.0457. The summed E-state index contributed by atoms with van der Waals surface area (Å²) in [7, 11) is 0. The number of aromatic nitrogens is 1. The van der Waals surface area contributed by atoms with Crippen LogP contribution in [0.2, 0.25) is 0 Å². The van der Waals surface area contributed by atoms with E-state index in [1.54, 1.807) is 6.07 Å². The van der Waals surface area contributed by atoms with Crippen molar-refractivity contribution in [3.05, 3.63) is 70.7 Å². The first kappa shape index (κ1) is 29.9. The highest BCUT2D eigenvalue weighted by Gasteiger charge is 2.19. The van der Waals surface area contributed by atoms with Gasteiger partial charge in [0.15, 0.2) is 0 Å². The summed E-state index contributed by atoms with van der Waals surface area (Å²) in [6.45, 7) is 17.7. The number of hydrogen-bond acceptors (Lipinski definition) is 6. The molecule has 1 fully saturated rings. The molecule has 0 spiro atoms. The lowest BCUT2D eigenvalue weighted by Crippen LogP contribution is -2.35. The van der Waals surface area contributed by atoms with E-state index in [1.165, 1.54) is 5.57 Å². The van der Waals surface area contributed by atoms with Crippen molar-refractivity contribution in [2.45, 2.75) is 54.9 Å². The zero-order valence-electron chi connectivity index (χ0n) is 24.3. The van der Waals surface area contributed by atoms with Crippen molar-refractivity contribution in [3.8, 4) is 11.3 Å². The SMILES string of the molecule is CCC(C)=C/C=C(\C=C(/C)N1CCOCC1)C(=O)Nc1ccc(C)c(-c2cc(C(=O)NCC(C)(C)C)on2)c1. The number of rotatable bonds is 9. The van der Waals surface area contributed by atoms with Crippen molar-refractivity contribution in [2.24, 2.45) is 5.41 Å². The molecule has 0 unspecified atom stereocenters. The van der Waals surface area contributed by atoms with Gasteiger partial charge < -0.3 is 24.8 Å². The van der Waals surface area contributed by atoms with E-state index in [2.05, 4.69) is 27.6 Å². The third-order valence-corrected chi connectivity index (χ3v) is 6.53. The van der Waals surface area contributed by atoms with Crippen LogP contribution < -0.4 is 10.6 Å². The molecular weight excluding hydrogens is 492 g/mol. The second kappa shape index (κ2) is 13.4. The van der Waals surface area contributed by atoms with E-state index < -0.39 is 0 Å². The Morgan fingerprint density at radius 2 is 1.82 bits per heavy atom. The quantitative estimate of drug-likeness (QED) is 0.308. The van der Waals surface area contributed by atoms with Crippen LogP contribution in [0.3, 0.4) is 0 Å². The molecule has 0 bridgehead atoms. The zero-order valence-corrected chi connectivity index (χ0v) is 24.3. The van der Waals surface area contributed by atoms with Crippen LogP contribution in [0.4, 0.5) is 5.69 Å². The van der Waals surface area contributed by atoms with Crippen LogP contribution >= 0.6 is 0 Å². The lowest BCUT2D eigenvalue weighted by molar-refractivity contribution is -0.112. The zero-order chi connectivity index (χ0) is 28.6. The van der Waals surface area contributed by atoms with Gasteiger partial charge in [-0.2, -0.15) is 0 Å². The largest absolute Gasteiger partial charge is 0.378 e. The molecule has 2 heterocycles. The van der Waals surface area contributed by atoms with Crippen LogP contribution in [0.5, 0.6) is 0 Å². The van der Waals surface area contributed by atoms with Gasteiger partial charge >= 0.3 is 0 Å². The molecule has 1 aromatic heterocycles. The van der Waals surface area contributed by atoms with E-state index in [-0.39, 0.29) is 23.0 Å². The first-order valence-electron chi connectivity index (χ1n) is 13.5. The average molecular weight is 535 g/mol. The Morgan fingerprint density at radius 1 is 1.10 bits per heavy atom. The monoisotopic (exact) mass is 534 g/mol. The van der Waals surface area contributed by atoms with E-state index >= 15 is 0 Å². The molecule has 0 aliphatic carbocycles. The van der Waals surface area contributed by atoms with Crippen LogP contribution in [-0.4, -0.2) is 54.7 Å². The maximum atomic E-state index is 13.4. The number of nitrogens with one attached hydrogen (secondary N) is 2. The predicted molar refractivity (Wildman–Crippen MR) is 155 cm³/mol. The molecule has 210 valence electrons. The van der Waals surface area contributed by atoms with E-state index in [0.29, 0.717) is 36.7 Å². The fraction of sp³-hybridized carbons (Fsp3) is 0.452. The number of hydrogen-bond donors (Lipinski definition) is 2. The molecule has 0 atom stereocenters. The third-order valence-electron chi connectivity index (χ3n) is 6.53. The van der Waals surface area contributed by atoms with Gasteiger partial charge in [0.1, 0.15) is 5.69 Å². The summed E-state index contributed by atoms with van der Waals surface area (Å²) in [5.41, 5.74) is 5.60. The Morgan fingerprint density at radius 3 is 2.49 bits per heavy atom. The molecule has 0 saturated carbocycles. The van der Waals surface area contributed by atoms with Crippen molar-refractivity contribution >= 4 is 17.5 Å². The third kappa shape index (κ3) is 8.96. The summed E-state index contributed by atoms with van der Waals surface area (Å²) in [6.07, 6.45) is 6.69. The lowest BCUT2D eigenvalue weighted by Gasteiger charge is -2.29. The number of morpholine rings is 1. The van der Waals surface area contributed by atoms with Crippen molar-refractivity contribution in [3.63, 3.8) is 0 Å². The molecule has 2 amide bonds. The highest BCUT2D eigenvalue weighted by atomic mass is 16.5. The van der Waals surface area contributed by atoms with Gasteiger partial charge in [-0.1, -0.05) is 50.6 Å². The van der Waals surface area contributed by atoms with Crippen LogP contribution in [0.25, 0.3) is 11.3 Å². The van der Waals surface area contributed by atoms with Gasteiger partial charge in [-0.3, -0.25) is 9.59 Å². The standard InChI is InChI=1S/C31H42N4O4/c1-8-21(2)9-11-24(17-23(4)35-13-15-38-16-14-35)29(36)33-25-12-10-22(3)26(18-25)27-19-28(39-34-27)30(37)32-20-31(5,6)7/h9-12,17-19H,8,13-16,20H2,1-7H3,(H,32,37)(H,33,36)/b21-9?,23-17+,24-11+. The number of allylic oxidation sites excluding steroid dienone is 4. The number of carbonyl (C=O) groups excluding carboxylic acids is 2. The molecular formula is C31H42N4O4. The average Bonchev–Trinajstić information content (AvgIpc) is 3.40. The molecule has 8 heteroatoms. The number of anilines is 1. The van der Waals surface area contributed by atoms with Gasteiger partial charge in [0, 0.05) is 48.2 Å². The maximum absolute atomic E-state index is 13.4. The summed E-state index contributed by atoms with van der Waals surface area (Å²) in [5.74, 6) is -0.367. The molecule has 2 N–H and O–H groups in total. The van der Waals surface area contributed by atoms with Gasteiger partial charge in [-0.05, 0) is 62.5 Å². The molecule has 0 radical (unpaired) electrons. The number of amides is 2. The van der Waals surface area contributed by atoms with E-state index in [1.807, 2.05) is 78.0 Å². The van der Waals surface area contributed by atoms with Crippen molar-refractivity contribution in [1.29, 1.82) is 0 Å². The number of carbonyl (C=O) groups is 2. The summed E-state index contributed by atoms with van der Waals surface area (Å²) in [6, 6.07) is 7.25. The molecule has 8 nitrogen and oxygen atoms in total. The first-order valence-corrected chi connectivity index (χ1v) is 13.5. The summed E-state index contributed by atoms with van der Waals surface area (Å²) < 4.78 is 10.8.